The van der Waals surface area contributed by atoms with Crippen LogP contribution in [0.4, 0.5) is 0 Å². The van der Waals surface area contributed by atoms with Crippen LogP contribution in [0.2, 0.25) is 0 Å². The van der Waals surface area contributed by atoms with E-state index in [1.54, 1.807) is 59.0 Å². The first kappa shape index (κ1) is 68.5. The lowest BCUT2D eigenvalue weighted by atomic mass is 10.1. The Balaban J connectivity index is 0.00000470. The molecule has 77 heavy (non-hydrogen) atoms. The summed E-state index contributed by atoms with van der Waals surface area (Å²) in [4.78, 5) is 126. The highest BCUT2D eigenvalue weighted by molar-refractivity contribution is 7.98. The van der Waals surface area contributed by atoms with Crippen LogP contribution < -0.4 is 27.0 Å². The summed E-state index contributed by atoms with van der Waals surface area (Å²) in [5, 5.41) is 57.3. The first-order chi connectivity index (χ1) is 36.6. The van der Waals surface area contributed by atoms with Crippen molar-refractivity contribution >= 4 is 71.5 Å². The smallest absolute Gasteiger partial charge is 0.326 e. The minimum Gasteiger partial charge on any atom is -0.480 e. The second kappa shape index (κ2) is 39.8. The lowest BCUT2D eigenvalue weighted by molar-refractivity contribution is -0.142. The fourth-order valence-electron chi connectivity index (χ4n) is 7.41. The summed E-state index contributed by atoms with van der Waals surface area (Å²) in [7, 11) is 0. The molecule has 0 radical (unpaired) electrons. The Bertz CT molecular complexity index is 2120. The molecule has 0 bridgehead atoms. The topological polar surface area (TPSA) is 369 Å². The van der Waals surface area contributed by atoms with Gasteiger partial charge >= 0.3 is 23.9 Å². The molecule has 3 rings (SSSR count). The zero-order chi connectivity index (χ0) is 57.7. The summed E-state index contributed by atoms with van der Waals surface area (Å²) < 4.78 is 1.45. The number of hydrogen-bond donors (Lipinski definition) is 9. The number of nitrogens with two attached hydrogens (primary N) is 1. The number of carboxylic acids is 4. The van der Waals surface area contributed by atoms with E-state index in [-0.39, 0.29) is 141 Å². The van der Waals surface area contributed by atoms with Crippen molar-refractivity contribution in [3.63, 3.8) is 0 Å². The Morgan fingerprint density at radius 1 is 0.701 bits per heavy atom. The van der Waals surface area contributed by atoms with E-state index >= 15 is 0 Å². The number of carbonyl (C=O) groups is 10. The Kier molecular flexibility index (Phi) is 35.4. The molecule has 1 aliphatic rings. The van der Waals surface area contributed by atoms with Gasteiger partial charge in [0.1, 0.15) is 12.6 Å². The maximum Gasteiger partial charge on any atom is 0.326 e. The van der Waals surface area contributed by atoms with Gasteiger partial charge < -0.3 is 47.4 Å². The molecule has 10 N–H and O–H groups in total. The minimum absolute atomic E-state index is 0.0234. The van der Waals surface area contributed by atoms with Crippen molar-refractivity contribution in [3.8, 4) is 0 Å². The number of amides is 5. The number of benzene rings is 1. The molecule has 0 saturated carbocycles. The number of nitrogens with zero attached hydrogens (tertiary/aromatic N) is 7. The Morgan fingerprint density at radius 2 is 1.21 bits per heavy atom. The summed E-state index contributed by atoms with van der Waals surface area (Å²) in [6.45, 7) is 9.60. The van der Waals surface area contributed by atoms with Crippen molar-refractivity contribution in [1.29, 1.82) is 0 Å². The number of carbonyl (C=O) groups excluding carboxylic acids is 6. The molecule has 0 spiro atoms. The zero-order valence-corrected chi connectivity index (χ0v) is 46.0. The minimum atomic E-state index is -1.21. The lowest BCUT2D eigenvalue weighted by Crippen LogP contribution is -2.49. The van der Waals surface area contributed by atoms with Gasteiger partial charge in [0.05, 0.1) is 31.9 Å². The van der Waals surface area contributed by atoms with Crippen molar-refractivity contribution in [1.82, 2.24) is 55.9 Å². The number of hydrogen-bond acceptors (Lipinski definition) is 17. The molecule has 2 unspecified atom stereocenters. The molecule has 5 amide bonds. The SMILES string of the molecule is CCC.CSCCC(CC(=O)NC(CCCCNC(=O)CCc1cn(CC(=O)C(C)C)nn1)C(=O)O)NC(=O)c1ccc(CNC(=O)CN2CCN(CC(=O)O)CCN(CC(=O)O)CCN(CC(=O)O)CC2)cc1.NC=O. The maximum absolute atomic E-state index is 13.3. The molecule has 0 aliphatic carbocycles. The van der Waals surface area contributed by atoms with Crippen molar-refractivity contribution in [2.45, 2.75) is 104 Å². The van der Waals surface area contributed by atoms with Gasteiger partial charge in [0.2, 0.25) is 24.1 Å². The average Bonchev–Trinajstić information content (AvgIpc) is 3.81. The van der Waals surface area contributed by atoms with E-state index < -0.39 is 47.8 Å². The fourth-order valence-corrected chi connectivity index (χ4v) is 7.93. The summed E-state index contributed by atoms with van der Waals surface area (Å²) in [6, 6.07) is 4.74. The number of nitrogens with one attached hydrogen (secondary N) is 4. The van der Waals surface area contributed by atoms with Crippen LogP contribution in [0.5, 0.6) is 0 Å². The van der Waals surface area contributed by atoms with Crippen LogP contribution in [0.1, 0.15) is 94.3 Å². The van der Waals surface area contributed by atoms with Crippen LogP contribution in [0.25, 0.3) is 0 Å². The highest BCUT2D eigenvalue weighted by atomic mass is 32.2. The van der Waals surface area contributed by atoms with E-state index in [4.69, 9.17) is 4.79 Å². The van der Waals surface area contributed by atoms with E-state index in [0.717, 1.165) is 0 Å². The third kappa shape index (κ3) is 32.6. The second-order valence-electron chi connectivity index (χ2n) is 18.6. The molecule has 1 aromatic carbocycles. The molecular weight excluding hydrogens is 1020 g/mol. The molecule has 27 heteroatoms. The quantitative estimate of drug-likeness (QED) is 0.0363. The number of primary amides is 1. The third-order valence-electron chi connectivity index (χ3n) is 11.5. The fraction of sp³-hybridized carbons (Fsp3) is 0.640. The van der Waals surface area contributed by atoms with Crippen LogP contribution in [0.15, 0.2) is 30.5 Å². The predicted octanol–water partition coefficient (Wildman–Crippen LogP) is -0.157. The Hall–Kier alpha value is -6.55. The monoisotopic (exact) mass is 1110 g/mol. The van der Waals surface area contributed by atoms with Gasteiger partial charge in [0, 0.05) is 108 Å². The van der Waals surface area contributed by atoms with Gasteiger partial charge in [-0.1, -0.05) is 51.5 Å². The number of aliphatic carboxylic acids is 4. The van der Waals surface area contributed by atoms with Gasteiger partial charge in [-0.3, -0.25) is 62.8 Å². The van der Waals surface area contributed by atoms with E-state index in [1.165, 1.54) is 22.9 Å². The molecule has 432 valence electrons. The van der Waals surface area contributed by atoms with Gasteiger partial charge in [0.15, 0.2) is 5.78 Å². The molecule has 1 aromatic heterocycles. The van der Waals surface area contributed by atoms with Crippen molar-refractivity contribution in [3.05, 3.63) is 47.3 Å². The standard InChI is InChI=1S/C46H71N11O13S.C3H8.CH3NO/c1-32(2)38(58)27-57-26-36(51-52-57)11-12-39(59)47-14-5-4-6-37(46(69)70)50-40(60)24-35(13-23-71-3)49-45(68)34-9-7-33(8-10-34)25-48-41(61)28-53-15-17-54(29-42(62)63)19-21-56(31-44(66)67)22-20-55(18-16-53)30-43(64)65;1-3-2;2-1-3/h7-10,26,32,35,37H,4-6,11-25,27-31H2,1-3H3,(H,47,59)(H,48,61)(H,49,68)(H,50,60)(H,62,63)(H,64,65)(H,66,67)(H,69,70);3H2,1-2H3;1H,(H2,2,3). The molecule has 1 aliphatic heterocycles. The van der Waals surface area contributed by atoms with Crippen LogP contribution in [-0.4, -0.2) is 224 Å². The van der Waals surface area contributed by atoms with Gasteiger partial charge in [-0.2, -0.15) is 11.8 Å². The molecule has 26 nitrogen and oxygen atoms in total. The second-order valence-corrected chi connectivity index (χ2v) is 19.6. The summed E-state index contributed by atoms with van der Waals surface area (Å²) >= 11 is 1.53. The van der Waals surface area contributed by atoms with Crippen molar-refractivity contribution in [2.75, 3.05) is 97.1 Å². The van der Waals surface area contributed by atoms with Crippen molar-refractivity contribution in [2.24, 2.45) is 11.7 Å². The lowest BCUT2D eigenvalue weighted by Gasteiger charge is -2.32. The summed E-state index contributed by atoms with van der Waals surface area (Å²) in [5.74, 6) is -5.38. The van der Waals surface area contributed by atoms with Gasteiger partial charge in [0.25, 0.3) is 5.91 Å². The number of unbranched alkanes of at least 4 members (excludes halogenated alkanes) is 1. The Morgan fingerprint density at radius 3 is 1.68 bits per heavy atom. The highest BCUT2D eigenvalue weighted by Gasteiger charge is 2.25. The maximum atomic E-state index is 13.3. The molecule has 2 heterocycles. The molecule has 1 fully saturated rings. The summed E-state index contributed by atoms with van der Waals surface area (Å²) in [5.41, 5.74) is 5.74. The molecule has 1 saturated heterocycles. The number of ketones is 1. The van der Waals surface area contributed by atoms with E-state index in [9.17, 15) is 63.6 Å². The average molecular weight is 1110 g/mol. The highest BCUT2D eigenvalue weighted by Crippen LogP contribution is 2.11. The number of thioether (sulfide) groups is 1. The van der Waals surface area contributed by atoms with Gasteiger partial charge in [-0.25, -0.2) is 9.48 Å². The van der Waals surface area contributed by atoms with Gasteiger partial charge in [-0.15, -0.1) is 5.10 Å². The Labute approximate surface area is 454 Å². The largest absolute Gasteiger partial charge is 0.480 e. The van der Waals surface area contributed by atoms with Gasteiger partial charge in [-0.05, 0) is 55.4 Å². The zero-order valence-electron chi connectivity index (χ0n) is 45.2. The number of carboxylic acid groups (broad SMARTS) is 4. The van der Waals surface area contributed by atoms with E-state index in [1.807, 2.05) is 11.2 Å². The van der Waals surface area contributed by atoms with E-state index in [0.29, 0.717) is 54.8 Å². The first-order valence-electron chi connectivity index (χ1n) is 25.7. The van der Waals surface area contributed by atoms with Crippen LogP contribution in [-0.2, 0) is 62.7 Å². The predicted molar refractivity (Wildman–Crippen MR) is 287 cm³/mol. The van der Waals surface area contributed by atoms with E-state index in [2.05, 4.69) is 51.2 Å². The molecular formula is C50H82N12O14S. The third-order valence-corrected chi connectivity index (χ3v) is 12.2. The number of aryl methyl sites for hydroxylation is 1. The number of aromatic nitrogens is 3. The number of rotatable bonds is 30. The normalized spacial score (nSPS) is 14.6. The summed E-state index contributed by atoms with van der Waals surface area (Å²) in [6.07, 6.45) is 6.82. The number of Topliss-reactive ketones (excluding diaryl/α,β-unsaturated/α-hetero) is 1. The molecule has 2 aromatic rings. The van der Waals surface area contributed by atoms with Crippen molar-refractivity contribution < 1.29 is 68.4 Å². The van der Waals surface area contributed by atoms with Crippen LogP contribution in [0.3, 0.4) is 0 Å². The first-order valence-corrected chi connectivity index (χ1v) is 27.1. The van der Waals surface area contributed by atoms with Crippen LogP contribution in [0, 0.1) is 5.92 Å². The molecule has 2 atom stereocenters. The van der Waals surface area contributed by atoms with Crippen LogP contribution >= 0.6 is 11.8 Å².